The molecule has 10 heteroatoms. The number of ether oxygens (including phenoxy) is 2. The SMILES string of the molecule is O=C1C2N=NN(CC3COc4cscc4O3)C2C(=O)N1CCc1ccc(O)cc1. The Kier molecular flexibility index (Phi) is 4.35. The van der Waals surface area contributed by atoms with Crippen LogP contribution in [0.5, 0.6) is 17.2 Å². The molecule has 1 fully saturated rings. The summed E-state index contributed by atoms with van der Waals surface area (Å²) >= 11 is 1.50. The summed E-state index contributed by atoms with van der Waals surface area (Å²) in [7, 11) is 0. The van der Waals surface area contributed by atoms with Gasteiger partial charge in [0.1, 0.15) is 12.4 Å². The van der Waals surface area contributed by atoms with Crippen LogP contribution in [0.1, 0.15) is 5.56 Å². The molecule has 0 aliphatic carbocycles. The van der Waals surface area contributed by atoms with Crippen molar-refractivity contribution in [2.24, 2.45) is 10.3 Å². The minimum atomic E-state index is -0.802. The number of hydrogen-bond donors (Lipinski definition) is 1. The van der Waals surface area contributed by atoms with Crippen LogP contribution in [-0.2, 0) is 16.0 Å². The average Bonchev–Trinajstić information content (AvgIpc) is 3.40. The molecular formula is C19H18N4O5S. The molecule has 0 bridgehead atoms. The molecule has 9 nitrogen and oxygen atoms in total. The number of hydrogen-bond acceptors (Lipinski definition) is 9. The van der Waals surface area contributed by atoms with Crippen molar-refractivity contribution in [3.8, 4) is 17.2 Å². The molecule has 0 saturated carbocycles. The van der Waals surface area contributed by atoms with E-state index < -0.39 is 12.1 Å². The van der Waals surface area contributed by atoms with E-state index in [0.717, 1.165) is 11.3 Å². The first-order valence-electron chi connectivity index (χ1n) is 9.26. The fourth-order valence-corrected chi connectivity index (χ4v) is 4.38. The predicted molar refractivity (Wildman–Crippen MR) is 102 cm³/mol. The van der Waals surface area contributed by atoms with Crippen LogP contribution in [0.3, 0.4) is 0 Å². The van der Waals surface area contributed by atoms with Gasteiger partial charge in [-0.05, 0) is 24.1 Å². The molecule has 1 aromatic heterocycles. The second-order valence-corrected chi connectivity index (χ2v) is 7.86. The predicted octanol–water partition coefficient (Wildman–Crippen LogP) is 1.62. The van der Waals surface area contributed by atoms with Crippen molar-refractivity contribution >= 4 is 23.2 Å². The van der Waals surface area contributed by atoms with E-state index >= 15 is 0 Å². The van der Waals surface area contributed by atoms with Gasteiger partial charge in [-0.15, -0.1) is 11.3 Å². The van der Waals surface area contributed by atoms with E-state index in [4.69, 9.17) is 9.47 Å². The van der Waals surface area contributed by atoms with Gasteiger partial charge in [-0.2, -0.15) is 5.11 Å². The van der Waals surface area contributed by atoms with Gasteiger partial charge in [0.25, 0.3) is 11.8 Å². The maximum Gasteiger partial charge on any atom is 0.258 e. The van der Waals surface area contributed by atoms with E-state index in [2.05, 4.69) is 10.3 Å². The fourth-order valence-electron chi connectivity index (χ4n) is 3.71. The zero-order valence-corrected chi connectivity index (χ0v) is 16.1. The number of fused-ring (bicyclic) bond motifs is 2. The Balaban J connectivity index is 1.24. The topological polar surface area (TPSA) is 104 Å². The first kappa shape index (κ1) is 17.9. The molecule has 5 rings (SSSR count). The van der Waals surface area contributed by atoms with E-state index in [1.165, 1.54) is 21.2 Å². The third-order valence-electron chi connectivity index (χ3n) is 5.21. The smallest absolute Gasteiger partial charge is 0.258 e. The van der Waals surface area contributed by atoms with Gasteiger partial charge in [0.05, 0.1) is 6.54 Å². The molecule has 3 unspecified atom stereocenters. The number of carbonyl (C=O) groups excluding carboxylic acids is 2. The van der Waals surface area contributed by atoms with Crippen LogP contribution in [0.2, 0.25) is 0 Å². The Hall–Kier alpha value is -3.14. The van der Waals surface area contributed by atoms with Gasteiger partial charge in [0.15, 0.2) is 29.7 Å². The zero-order valence-electron chi connectivity index (χ0n) is 15.3. The summed E-state index contributed by atoms with van der Waals surface area (Å²) in [6, 6.07) is 5.18. The lowest BCUT2D eigenvalue weighted by Crippen LogP contribution is -2.46. The number of amides is 2. The van der Waals surface area contributed by atoms with Crippen molar-refractivity contribution in [1.82, 2.24) is 9.91 Å². The molecule has 150 valence electrons. The molecule has 29 heavy (non-hydrogen) atoms. The second-order valence-electron chi connectivity index (χ2n) is 7.11. The second kappa shape index (κ2) is 7.03. The number of carbonyl (C=O) groups is 2. The van der Waals surface area contributed by atoms with E-state index in [1.807, 2.05) is 10.8 Å². The van der Waals surface area contributed by atoms with E-state index in [-0.39, 0.29) is 30.2 Å². The molecule has 3 atom stereocenters. The minimum absolute atomic E-state index is 0.177. The number of phenols is 1. The van der Waals surface area contributed by atoms with E-state index in [0.29, 0.717) is 25.3 Å². The van der Waals surface area contributed by atoms with Crippen LogP contribution in [0.25, 0.3) is 0 Å². The maximum atomic E-state index is 12.9. The highest BCUT2D eigenvalue weighted by molar-refractivity contribution is 7.08. The van der Waals surface area contributed by atoms with Crippen LogP contribution in [-0.4, -0.2) is 64.7 Å². The number of likely N-dealkylation sites (tertiary alicyclic amines) is 1. The fraction of sp³-hybridized carbons (Fsp3) is 0.368. The van der Waals surface area contributed by atoms with Crippen molar-refractivity contribution in [2.45, 2.75) is 24.6 Å². The molecule has 2 amide bonds. The lowest BCUT2D eigenvalue weighted by atomic mass is 10.1. The van der Waals surface area contributed by atoms with Crippen LogP contribution >= 0.6 is 11.3 Å². The quantitative estimate of drug-likeness (QED) is 0.746. The number of thiophene rings is 1. The number of imide groups is 1. The van der Waals surface area contributed by atoms with Gasteiger partial charge in [0, 0.05) is 17.3 Å². The van der Waals surface area contributed by atoms with Crippen molar-refractivity contribution in [2.75, 3.05) is 19.7 Å². The van der Waals surface area contributed by atoms with Crippen LogP contribution < -0.4 is 9.47 Å². The number of phenolic OH excluding ortho intramolecular Hbond substituents is 1. The van der Waals surface area contributed by atoms with Gasteiger partial charge in [-0.1, -0.05) is 17.4 Å². The summed E-state index contributed by atoms with van der Waals surface area (Å²) in [5.41, 5.74) is 0.929. The lowest BCUT2D eigenvalue weighted by Gasteiger charge is -2.28. The van der Waals surface area contributed by atoms with E-state index in [9.17, 15) is 14.7 Å². The monoisotopic (exact) mass is 414 g/mol. The molecule has 1 N–H and O–H groups in total. The summed E-state index contributed by atoms with van der Waals surface area (Å²) in [5, 5.41) is 22.7. The van der Waals surface area contributed by atoms with Gasteiger partial charge in [0.2, 0.25) is 0 Å². The van der Waals surface area contributed by atoms with E-state index in [1.54, 1.807) is 24.3 Å². The van der Waals surface area contributed by atoms with Crippen molar-refractivity contribution in [3.05, 3.63) is 40.6 Å². The summed E-state index contributed by atoms with van der Waals surface area (Å²) < 4.78 is 11.6. The summed E-state index contributed by atoms with van der Waals surface area (Å²) in [4.78, 5) is 26.8. The number of rotatable bonds is 5. The first-order valence-corrected chi connectivity index (χ1v) is 10.2. The molecular weight excluding hydrogens is 396 g/mol. The van der Waals surface area contributed by atoms with Crippen LogP contribution in [0.4, 0.5) is 0 Å². The largest absolute Gasteiger partial charge is 0.508 e. The van der Waals surface area contributed by atoms with Gasteiger partial charge in [-0.25, -0.2) is 0 Å². The Bertz CT molecular complexity index is 975. The standard InChI is InChI=1S/C19H18N4O5S/c24-12-3-1-11(2-4-12)5-6-22-18(25)16-17(19(22)26)23(21-20-16)7-13-8-27-14-9-29-10-15(14)28-13/h1-4,9-10,13,16-17,24H,5-8H2. The normalized spacial score (nSPS) is 25.0. The van der Waals surface area contributed by atoms with Gasteiger partial charge >= 0.3 is 0 Å². The number of aromatic hydroxyl groups is 1. The third kappa shape index (κ3) is 3.19. The average molecular weight is 414 g/mol. The number of benzene rings is 1. The van der Waals surface area contributed by atoms with Crippen molar-refractivity contribution in [1.29, 1.82) is 0 Å². The molecule has 2 aromatic rings. The van der Waals surface area contributed by atoms with Crippen LogP contribution in [0.15, 0.2) is 45.4 Å². The molecule has 0 radical (unpaired) electrons. The molecule has 1 saturated heterocycles. The summed E-state index contributed by atoms with van der Waals surface area (Å²) in [6.07, 6.45) is 0.207. The molecule has 4 heterocycles. The highest BCUT2D eigenvalue weighted by atomic mass is 32.1. The number of nitrogens with zero attached hydrogens (tertiary/aromatic N) is 4. The Morgan fingerprint density at radius 2 is 1.93 bits per heavy atom. The zero-order chi connectivity index (χ0) is 20.0. The Morgan fingerprint density at radius 1 is 1.14 bits per heavy atom. The molecule has 3 aliphatic rings. The van der Waals surface area contributed by atoms with Crippen molar-refractivity contribution < 1.29 is 24.2 Å². The summed E-state index contributed by atoms with van der Waals surface area (Å²) in [5.74, 6) is 0.960. The third-order valence-corrected chi connectivity index (χ3v) is 5.91. The molecule has 1 aromatic carbocycles. The Labute approximate surface area is 170 Å². The van der Waals surface area contributed by atoms with Crippen LogP contribution in [0, 0.1) is 0 Å². The maximum absolute atomic E-state index is 12.9. The lowest BCUT2D eigenvalue weighted by molar-refractivity contribution is -0.140. The van der Waals surface area contributed by atoms with Gasteiger partial charge < -0.3 is 14.6 Å². The summed E-state index contributed by atoms with van der Waals surface area (Å²) in [6.45, 7) is 0.921. The highest BCUT2D eigenvalue weighted by Gasteiger charge is 2.54. The molecule has 0 spiro atoms. The highest BCUT2D eigenvalue weighted by Crippen LogP contribution is 2.36. The van der Waals surface area contributed by atoms with Crippen molar-refractivity contribution in [3.63, 3.8) is 0 Å². The minimum Gasteiger partial charge on any atom is -0.508 e. The van der Waals surface area contributed by atoms with Gasteiger partial charge in [-0.3, -0.25) is 19.5 Å². The Morgan fingerprint density at radius 3 is 2.76 bits per heavy atom. The first-order chi connectivity index (χ1) is 14.1. The molecule has 3 aliphatic heterocycles.